The first-order valence-corrected chi connectivity index (χ1v) is 10.5. The topological polar surface area (TPSA) is 66.8 Å². The van der Waals surface area contributed by atoms with Crippen LogP contribution in [0.5, 0.6) is 0 Å². The molecule has 0 saturated carbocycles. The molecular formula is C20H22N2O3S. The lowest BCUT2D eigenvalue weighted by molar-refractivity contribution is -0.117. The number of amides is 2. The van der Waals surface area contributed by atoms with Crippen molar-refractivity contribution in [3.8, 4) is 0 Å². The van der Waals surface area contributed by atoms with Gasteiger partial charge in [0.25, 0.3) is 11.8 Å². The molecule has 6 heteroatoms. The molecule has 0 aliphatic carbocycles. The van der Waals surface area contributed by atoms with Crippen molar-refractivity contribution in [2.75, 3.05) is 24.6 Å². The van der Waals surface area contributed by atoms with Crippen LogP contribution in [0.15, 0.2) is 65.0 Å². The van der Waals surface area contributed by atoms with Gasteiger partial charge in [-0.25, -0.2) is 4.21 Å². The van der Waals surface area contributed by atoms with Gasteiger partial charge in [-0.2, -0.15) is 4.36 Å². The summed E-state index contributed by atoms with van der Waals surface area (Å²) < 4.78 is 16.8. The van der Waals surface area contributed by atoms with E-state index in [1.54, 1.807) is 17.0 Å². The Hall–Kier alpha value is -2.47. The summed E-state index contributed by atoms with van der Waals surface area (Å²) in [6.07, 6.45) is 0.852. The normalized spacial score (nSPS) is 16.1. The summed E-state index contributed by atoms with van der Waals surface area (Å²) in [4.78, 5) is 26.2. The fraction of sp³-hybridized carbons (Fsp3) is 0.300. The number of nitrogens with zero attached hydrogens (tertiary/aromatic N) is 2. The predicted octanol–water partition coefficient (Wildman–Crippen LogP) is 2.77. The lowest BCUT2D eigenvalue weighted by Gasteiger charge is -2.28. The van der Waals surface area contributed by atoms with E-state index >= 15 is 0 Å². The van der Waals surface area contributed by atoms with Gasteiger partial charge >= 0.3 is 0 Å². The Morgan fingerprint density at radius 3 is 2.12 bits per heavy atom. The summed E-state index contributed by atoms with van der Waals surface area (Å²) in [6, 6.07) is 18.7. The lowest BCUT2D eigenvalue weighted by Crippen LogP contribution is -2.43. The molecule has 1 fully saturated rings. The maximum absolute atomic E-state index is 12.8. The van der Waals surface area contributed by atoms with Gasteiger partial charge in [-0.15, -0.1) is 0 Å². The molecule has 0 atom stereocenters. The largest absolute Gasteiger partial charge is 0.337 e. The Balaban J connectivity index is 1.57. The molecular weight excluding hydrogens is 348 g/mol. The van der Waals surface area contributed by atoms with Gasteiger partial charge in [-0.1, -0.05) is 48.5 Å². The van der Waals surface area contributed by atoms with E-state index in [2.05, 4.69) is 4.36 Å². The highest BCUT2D eigenvalue weighted by atomic mass is 32.2. The van der Waals surface area contributed by atoms with E-state index in [1.165, 1.54) is 0 Å². The van der Waals surface area contributed by atoms with Crippen molar-refractivity contribution in [3.63, 3.8) is 0 Å². The zero-order valence-electron chi connectivity index (χ0n) is 14.5. The molecule has 136 valence electrons. The standard InChI is InChI=1S/C20H22N2O3S/c23-19(12-11-17-7-3-1-4-8-17)21-26(25)15-13-22(14-16-26)20(24)18-9-5-2-6-10-18/h1-10H,11-16H2. The first-order chi connectivity index (χ1) is 12.6. The Labute approximate surface area is 154 Å². The summed E-state index contributed by atoms with van der Waals surface area (Å²) in [7, 11) is -2.56. The minimum atomic E-state index is -2.56. The summed E-state index contributed by atoms with van der Waals surface area (Å²) in [5.74, 6) is 0.120. The molecule has 3 rings (SSSR count). The van der Waals surface area contributed by atoms with Crippen LogP contribution in [0.3, 0.4) is 0 Å². The van der Waals surface area contributed by atoms with Crippen molar-refractivity contribution >= 4 is 21.5 Å². The molecule has 1 aliphatic rings. The van der Waals surface area contributed by atoms with Crippen LogP contribution in [0.25, 0.3) is 0 Å². The third-order valence-corrected chi connectivity index (χ3v) is 6.58. The average Bonchev–Trinajstić information content (AvgIpc) is 2.68. The number of benzene rings is 2. The maximum Gasteiger partial charge on any atom is 0.254 e. The van der Waals surface area contributed by atoms with Crippen LogP contribution >= 0.6 is 0 Å². The molecule has 0 radical (unpaired) electrons. The summed E-state index contributed by atoms with van der Waals surface area (Å²) in [5, 5.41) is 0. The zero-order chi connectivity index (χ0) is 18.4. The Kier molecular flexibility index (Phi) is 5.83. The number of hydrogen-bond acceptors (Lipinski definition) is 3. The van der Waals surface area contributed by atoms with Crippen molar-refractivity contribution in [1.82, 2.24) is 4.90 Å². The van der Waals surface area contributed by atoms with E-state index in [4.69, 9.17) is 0 Å². The molecule has 2 aromatic rings. The number of hydrogen-bond donors (Lipinski definition) is 0. The van der Waals surface area contributed by atoms with E-state index in [0.717, 1.165) is 5.56 Å². The van der Waals surface area contributed by atoms with Crippen molar-refractivity contribution in [1.29, 1.82) is 0 Å². The first kappa shape index (κ1) is 18.3. The molecule has 1 heterocycles. The SMILES string of the molecule is O=C(CCc1ccccc1)N=S1(=O)CCN(C(=O)c2ccccc2)CC1. The second-order valence-corrected chi connectivity index (χ2v) is 8.85. The molecule has 0 bridgehead atoms. The van der Waals surface area contributed by atoms with Gasteiger partial charge in [0, 0.05) is 36.6 Å². The molecule has 2 aromatic carbocycles. The second-order valence-electron chi connectivity index (χ2n) is 6.31. The molecule has 26 heavy (non-hydrogen) atoms. The summed E-state index contributed by atoms with van der Waals surface area (Å²) >= 11 is 0. The molecule has 5 nitrogen and oxygen atoms in total. The monoisotopic (exact) mass is 370 g/mol. The number of aryl methyl sites for hydroxylation is 1. The van der Waals surface area contributed by atoms with Crippen molar-refractivity contribution < 1.29 is 13.8 Å². The fourth-order valence-corrected chi connectivity index (χ4v) is 4.76. The van der Waals surface area contributed by atoms with Gasteiger partial charge in [-0.05, 0) is 24.1 Å². The van der Waals surface area contributed by atoms with Gasteiger partial charge in [0.2, 0.25) is 0 Å². The van der Waals surface area contributed by atoms with E-state index in [-0.39, 0.29) is 29.7 Å². The zero-order valence-corrected chi connectivity index (χ0v) is 15.4. The van der Waals surface area contributed by atoms with E-state index in [9.17, 15) is 13.8 Å². The maximum atomic E-state index is 12.8. The number of carbonyl (C=O) groups is 2. The third-order valence-electron chi connectivity index (χ3n) is 4.41. The van der Waals surface area contributed by atoms with Crippen LogP contribution in [-0.4, -0.2) is 45.5 Å². The van der Waals surface area contributed by atoms with Gasteiger partial charge < -0.3 is 4.90 Å². The molecule has 0 unspecified atom stereocenters. The molecule has 0 aromatic heterocycles. The quantitative estimate of drug-likeness (QED) is 0.831. The first-order valence-electron chi connectivity index (χ1n) is 8.69. The Morgan fingerprint density at radius 2 is 1.50 bits per heavy atom. The smallest absolute Gasteiger partial charge is 0.254 e. The van der Waals surface area contributed by atoms with Crippen LogP contribution in [0.4, 0.5) is 0 Å². The Morgan fingerprint density at radius 1 is 0.923 bits per heavy atom. The summed E-state index contributed by atoms with van der Waals surface area (Å²) in [5.41, 5.74) is 1.69. The van der Waals surface area contributed by atoms with Crippen LogP contribution in [-0.2, 0) is 20.9 Å². The fourth-order valence-electron chi connectivity index (χ4n) is 2.90. The number of rotatable bonds is 4. The minimum absolute atomic E-state index is 0.0672. The van der Waals surface area contributed by atoms with Crippen LogP contribution in [0.2, 0.25) is 0 Å². The van der Waals surface area contributed by atoms with Crippen molar-refractivity contribution in [2.24, 2.45) is 4.36 Å². The summed E-state index contributed by atoms with van der Waals surface area (Å²) in [6.45, 7) is 0.726. The van der Waals surface area contributed by atoms with Gasteiger partial charge in [0.15, 0.2) is 0 Å². The van der Waals surface area contributed by atoms with E-state index < -0.39 is 9.73 Å². The molecule has 0 N–H and O–H groups in total. The third kappa shape index (κ3) is 4.79. The predicted molar refractivity (Wildman–Crippen MR) is 102 cm³/mol. The van der Waals surface area contributed by atoms with Crippen molar-refractivity contribution in [2.45, 2.75) is 12.8 Å². The molecule has 0 spiro atoms. The second kappa shape index (κ2) is 8.27. The molecule has 1 saturated heterocycles. The Bertz CT molecular complexity index is 874. The minimum Gasteiger partial charge on any atom is -0.337 e. The van der Waals surface area contributed by atoms with Gasteiger partial charge in [0.05, 0.1) is 9.73 Å². The highest BCUT2D eigenvalue weighted by Crippen LogP contribution is 2.13. The van der Waals surface area contributed by atoms with Crippen molar-refractivity contribution in [3.05, 3.63) is 71.8 Å². The highest BCUT2D eigenvalue weighted by molar-refractivity contribution is 7.94. The van der Waals surface area contributed by atoms with Crippen LogP contribution in [0, 0.1) is 0 Å². The van der Waals surface area contributed by atoms with E-state index in [1.807, 2.05) is 48.5 Å². The lowest BCUT2D eigenvalue weighted by atomic mass is 10.1. The highest BCUT2D eigenvalue weighted by Gasteiger charge is 2.25. The van der Waals surface area contributed by atoms with Crippen LogP contribution < -0.4 is 0 Å². The van der Waals surface area contributed by atoms with Gasteiger partial charge in [0.1, 0.15) is 0 Å². The van der Waals surface area contributed by atoms with Gasteiger partial charge in [-0.3, -0.25) is 9.59 Å². The number of carbonyl (C=O) groups excluding carboxylic acids is 2. The van der Waals surface area contributed by atoms with Crippen LogP contribution in [0.1, 0.15) is 22.3 Å². The average molecular weight is 370 g/mol. The van der Waals surface area contributed by atoms with E-state index in [0.29, 0.717) is 25.1 Å². The molecule has 2 amide bonds. The molecule has 1 aliphatic heterocycles.